The molecule has 6 nitrogen and oxygen atoms in total. The van der Waals surface area contributed by atoms with Gasteiger partial charge in [-0.2, -0.15) is 0 Å². The number of methoxy groups -OCH3 is 1. The van der Waals surface area contributed by atoms with E-state index in [1.807, 2.05) is 30.3 Å². The van der Waals surface area contributed by atoms with Crippen molar-refractivity contribution in [1.29, 1.82) is 0 Å². The minimum Gasteiger partial charge on any atom is -0.468 e. The van der Waals surface area contributed by atoms with Crippen molar-refractivity contribution in [3.63, 3.8) is 0 Å². The molecule has 20 heavy (non-hydrogen) atoms. The third kappa shape index (κ3) is 2.67. The van der Waals surface area contributed by atoms with Gasteiger partial charge in [0.1, 0.15) is 5.25 Å². The van der Waals surface area contributed by atoms with Crippen LogP contribution in [0.4, 0.5) is 0 Å². The Morgan fingerprint density at radius 1 is 1.40 bits per heavy atom. The van der Waals surface area contributed by atoms with Crippen LogP contribution in [0.15, 0.2) is 35.5 Å². The summed E-state index contributed by atoms with van der Waals surface area (Å²) in [7, 11) is 1.39. The lowest BCUT2D eigenvalue weighted by Crippen LogP contribution is -2.12. The number of hydrogen-bond acceptors (Lipinski definition) is 6. The van der Waals surface area contributed by atoms with E-state index >= 15 is 0 Å². The van der Waals surface area contributed by atoms with E-state index in [2.05, 4.69) is 15.5 Å². The molecule has 0 radical (unpaired) electrons. The molecule has 3 rings (SSSR count). The first-order valence-corrected chi connectivity index (χ1v) is 7.25. The van der Waals surface area contributed by atoms with E-state index in [-0.39, 0.29) is 5.97 Å². The molecular formula is C13H14N4O2S. The van der Waals surface area contributed by atoms with Gasteiger partial charge in [0.2, 0.25) is 5.16 Å². The number of benzene rings is 1. The van der Waals surface area contributed by atoms with Gasteiger partial charge in [-0.3, -0.25) is 4.79 Å². The van der Waals surface area contributed by atoms with Crippen LogP contribution in [0, 0.1) is 0 Å². The van der Waals surface area contributed by atoms with Crippen LogP contribution in [0.1, 0.15) is 29.7 Å². The molecule has 1 saturated carbocycles. The maximum absolute atomic E-state index is 12.0. The standard InChI is InChI=1S/C13H14N4O2S/c1-19-12(18)11(9-5-3-2-4-6-9)20-13-14-15-16-17(13)10-7-8-10/h2-6,10-11H,7-8H2,1H3. The highest BCUT2D eigenvalue weighted by Gasteiger charge is 2.31. The molecule has 0 bridgehead atoms. The normalized spacial score (nSPS) is 15.8. The highest BCUT2D eigenvalue weighted by atomic mass is 32.2. The Balaban J connectivity index is 1.86. The van der Waals surface area contributed by atoms with E-state index in [0.717, 1.165) is 18.4 Å². The molecule has 1 aromatic heterocycles. The van der Waals surface area contributed by atoms with Gasteiger partial charge in [-0.15, -0.1) is 5.10 Å². The summed E-state index contributed by atoms with van der Waals surface area (Å²) < 4.78 is 6.69. The predicted octanol–water partition coefficient (Wildman–Crippen LogP) is 2.01. The van der Waals surface area contributed by atoms with Crippen molar-refractivity contribution >= 4 is 17.7 Å². The van der Waals surface area contributed by atoms with Gasteiger partial charge in [-0.1, -0.05) is 42.1 Å². The summed E-state index contributed by atoms with van der Waals surface area (Å²) in [4.78, 5) is 12.0. The number of aromatic nitrogens is 4. The molecule has 1 aromatic carbocycles. The van der Waals surface area contributed by atoms with Crippen molar-refractivity contribution in [3.05, 3.63) is 35.9 Å². The number of tetrazole rings is 1. The molecule has 2 aromatic rings. The Morgan fingerprint density at radius 2 is 2.15 bits per heavy atom. The van der Waals surface area contributed by atoms with Crippen molar-refractivity contribution in [1.82, 2.24) is 20.2 Å². The molecule has 104 valence electrons. The molecule has 7 heteroatoms. The third-order valence-electron chi connectivity index (χ3n) is 3.10. The van der Waals surface area contributed by atoms with Crippen molar-refractivity contribution < 1.29 is 9.53 Å². The fourth-order valence-corrected chi connectivity index (χ4v) is 2.98. The quantitative estimate of drug-likeness (QED) is 0.620. The fraction of sp³-hybridized carbons (Fsp3) is 0.385. The van der Waals surface area contributed by atoms with Crippen molar-refractivity contribution in [3.8, 4) is 0 Å². The molecule has 1 fully saturated rings. The highest BCUT2D eigenvalue weighted by molar-refractivity contribution is 8.00. The molecule has 1 heterocycles. The van der Waals surface area contributed by atoms with Crippen LogP contribution in [0.2, 0.25) is 0 Å². The van der Waals surface area contributed by atoms with Crippen LogP contribution in [0.3, 0.4) is 0 Å². The van der Waals surface area contributed by atoms with Gasteiger partial charge in [0.05, 0.1) is 13.2 Å². The highest BCUT2D eigenvalue weighted by Crippen LogP contribution is 2.40. The maximum Gasteiger partial charge on any atom is 0.323 e. The molecule has 0 N–H and O–H groups in total. The van der Waals surface area contributed by atoms with Crippen LogP contribution < -0.4 is 0 Å². The summed E-state index contributed by atoms with van der Waals surface area (Å²) in [6, 6.07) is 9.89. The Kier molecular flexibility index (Phi) is 3.68. The van der Waals surface area contributed by atoms with Gasteiger partial charge >= 0.3 is 5.97 Å². The topological polar surface area (TPSA) is 69.9 Å². The van der Waals surface area contributed by atoms with Gasteiger partial charge in [0.25, 0.3) is 0 Å². The second kappa shape index (κ2) is 5.62. The number of rotatable bonds is 5. The maximum atomic E-state index is 12.0. The minimum atomic E-state index is -0.454. The number of hydrogen-bond donors (Lipinski definition) is 0. The van der Waals surface area contributed by atoms with E-state index in [9.17, 15) is 4.79 Å². The zero-order valence-electron chi connectivity index (χ0n) is 11.0. The SMILES string of the molecule is COC(=O)C(Sc1nnnn1C1CC1)c1ccccc1. The number of nitrogens with zero attached hydrogens (tertiary/aromatic N) is 4. The monoisotopic (exact) mass is 290 g/mol. The lowest BCUT2D eigenvalue weighted by Gasteiger charge is -2.13. The molecule has 1 atom stereocenters. The van der Waals surface area contributed by atoms with Crippen LogP contribution in [0.25, 0.3) is 0 Å². The Bertz CT molecular complexity index is 597. The first-order chi connectivity index (χ1) is 9.79. The summed E-state index contributed by atoms with van der Waals surface area (Å²) in [6.07, 6.45) is 2.18. The van der Waals surface area contributed by atoms with Crippen molar-refractivity contribution in [2.24, 2.45) is 0 Å². The number of esters is 1. The number of carbonyl (C=O) groups is 1. The molecule has 1 aliphatic carbocycles. The zero-order valence-corrected chi connectivity index (χ0v) is 11.8. The van der Waals surface area contributed by atoms with Gasteiger partial charge in [-0.25, -0.2) is 4.68 Å². The first-order valence-electron chi connectivity index (χ1n) is 6.37. The minimum absolute atomic E-state index is 0.299. The second-order valence-electron chi connectivity index (χ2n) is 4.57. The largest absolute Gasteiger partial charge is 0.468 e. The Hall–Kier alpha value is -1.89. The second-order valence-corrected chi connectivity index (χ2v) is 5.64. The predicted molar refractivity (Wildman–Crippen MR) is 73.1 cm³/mol. The summed E-state index contributed by atoms with van der Waals surface area (Å²) in [6.45, 7) is 0. The van der Waals surface area contributed by atoms with Crippen LogP contribution in [-0.2, 0) is 9.53 Å². The Labute approximate surface area is 120 Å². The number of thioether (sulfide) groups is 1. The van der Waals surface area contributed by atoms with E-state index in [1.165, 1.54) is 18.9 Å². The third-order valence-corrected chi connectivity index (χ3v) is 4.28. The van der Waals surface area contributed by atoms with Crippen molar-refractivity contribution in [2.45, 2.75) is 29.3 Å². The summed E-state index contributed by atoms with van der Waals surface area (Å²) in [5.74, 6) is -0.299. The average molecular weight is 290 g/mol. The fourth-order valence-electron chi connectivity index (χ4n) is 1.90. The molecular weight excluding hydrogens is 276 g/mol. The molecule has 1 unspecified atom stereocenters. The summed E-state index contributed by atoms with van der Waals surface area (Å²) in [5.41, 5.74) is 0.884. The first kappa shape index (κ1) is 13.1. The summed E-state index contributed by atoms with van der Waals surface area (Å²) >= 11 is 1.33. The molecule has 0 amide bonds. The van der Waals surface area contributed by atoms with Crippen LogP contribution in [-0.4, -0.2) is 33.3 Å². The van der Waals surface area contributed by atoms with Gasteiger partial charge in [0, 0.05) is 0 Å². The van der Waals surface area contributed by atoms with Gasteiger partial charge in [-0.05, 0) is 28.8 Å². The van der Waals surface area contributed by atoms with Crippen molar-refractivity contribution in [2.75, 3.05) is 7.11 Å². The molecule has 0 aliphatic heterocycles. The lowest BCUT2D eigenvalue weighted by atomic mass is 10.1. The van der Waals surface area contributed by atoms with E-state index in [0.29, 0.717) is 11.2 Å². The molecule has 0 saturated heterocycles. The van der Waals surface area contributed by atoms with E-state index < -0.39 is 5.25 Å². The van der Waals surface area contributed by atoms with Crippen LogP contribution >= 0.6 is 11.8 Å². The lowest BCUT2D eigenvalue weighted by molar-refractivity contribution is -0.140. The summed E-state index contributed by atoms with van der Waals surface area (Å²) in [5, 5.41) is 11.9. The molecule has 1 aliphatic rings. The van der Waals surface area contributed by atoms with Gasteiger partial charge in [0.15, 0.2) is 0 Å². The smallest absolute Gasteiger partial charge is 0.323 e. The van der Waals surface area contributed by atoms with Crippen LogP contribution in [0.5, 0.6) is 0 Å². The van der Waals surface area contributed by atoms with E-state index in [1.54, 1.807) is 4.68 Å². The molecule has 0 spiro atoms. The van der Waals surface area contributed by atoms with E-state index in [4.69, 9.17) is 4.74 Å². The number of carbonyl (C=O) groups excluding carboxylic acids is 1. The average Bonchev–Trinajstić information content (AvgIpc) is 3.24. The van der Waals surface area contributed by atoms with Gasteiger partial charge < -0.3 is 4.74 Å². The zero-order chi connectivity index (χ0) is 13.9. The Morgan fingerprint density at radius 3 is 2.80 bits per heavy atom. The number of ether oxygens (including phenoxy) is 1.